The van der Waals surface area contributed by atoms with Crippen LogP contribution in [0.1, 0.15) is 25.7 Å². The molecule has 0 radical (unpaired) electrons. The Morgan fingerprint density at radius 2 is 2.15 bits per heavy atom. The van der Waals surface area contributed by atoms with E-state index in [1.54, 1.807) is 7.11 Å². The average molecular weight is 183 g/mol. The topological polar surface area (TPSA) is 21.3 Å². The molecule has 0 aromatic rings. The van der Waals surface area contributed by atoms with Crippen LogP contribution < -0.4 is 5.32 Å². The third-order valence-electron chi connectivity index (χ3n) is 2.30. The molecule has 0 aromatic carbocycles. The summed E-state index contributed by atoms with van der Waals surface area (Å²) in [6, 6.07) is 0. The highest BCUT2D eigenvalue weighted by atomic mass is 16.5. The Kier molecular flexibility index (Phi) is 5.87. The number of methoxy groups -OCH3 is 1. The number of nitrogens with one attached hydrogen (secondary N) is 1. The molecular formula is C11H21NO. The van der Waals surface area contributed by atoms with Gasteiger partial charge in [0.2, 0.25) is 0 Å². The minimum Gasteiger partial charge on any atom is -0.383 e. The molecule has 2 nitrogen and oxygen atoms in total. The van der Waals surface area contributed by atoms with Crippen molar-refractivity contribution < 1.29 is 4.74 Å². The van der Waals surface area contributed by atoms with E-state index in [0.717, 1.165) is 32.0 Å². The third-order valence-corrected chi connectivity index (χ3v) is 2.30. The molecule has 0 aliphatic heterocycles. The zero-order chi connectivity index (χ0) is 9.36. The number of rotatable bonds is 8. The van der Waals surface area contributed by atoms with E-state index in [1.807, 2.05) is 0 Å². The van der Waals surface area contributed by atoms with Crippen LogP contribution >= 0.6 is 0 Å². The van der Waals surface area contributed by atoms with Crippen LogP contribution in [0.25, 0.3) is 0 Å². The van der Waals surface area contributed by atoms with Crippen LogP contribution in [0.5, 0.6) is 0 Å². The quantitative estimate of drug-likeness (QED) is 0.459. The lowest BCUT2D eigenvalue weighted by Crippen LogP contribution is -2.19. The Labute approximate surface area is 81.4 Å². The van der Waals surface area contributed by atoms with Crippen LogP contribution in [-0.2, 0) is 4.74 Å². The maximum absolute atomic E-state index is 4.93. The maximum Gasteiger partial charge on any atom is 0.0587 e. The second-order valence-corrected chi connectivity index (χ2v) is 3.68. The first-order valence-corrected chi connectivity index (χ1v) is 5.28. The van der Waals surface area contributed by atoms with E-state index in [1.165, 1.54) is 19.3 Å². The fourth-order valence-electron chi connectivity index (χ4n) is 1.24. The Morgan fingerprint density at radius 3 is 2.85 bits per heavy atom. The van der Waals surface area contributed by atoms with Crippen LogP contribution in [0.2, 0.25) is 0 Å². The first-order chi connectivity index (χ1) is 6.43. The van der Waals surface area contributed by atoms with E-state index in [0.29, 0.717) is 0 Å². The van der Waals surface area contributed by atoms with Gasteiger partial charge < -0.3 is 10.1 Å². The Morgan fingerprint density at radius 1 is 1.31 bits per heavy atom. The molecule has 1 N–H and O–H groups in total. The van der Waals surface area contributed by atoms with E-state index in [-0.39, 0.29) is 0 Å². The third kappa shape index (κ3) is 6.79. The second kappa shape index (κ2) is 7.10. The lowest BCUT2D eigenvalue weighted by atomic mass is 10.2. The fourth-order valence-corrected chi connectivity index (χ4v) is 1.24. The van der Waals surface area contributed by atoms with Gasteiger partial charge in [-0.1, -0.05) is 12.2 Å². The summed E-state index contributed by atoms with van der Waals surface area (Å²) in [5, 5.41) is 3.31. The van der Waals surface area contributed by atoms with Crippen LogP contribution in [0.15, 0.2) is 12.2 Å². The van der Waals surface area contributed by atoms with Gasteiger partial charge in [-0.25, -0.2) is 0 Å². The monoisotopic (exact) mass is 183 g/mol. The van der Waals surface area contributed by atoms with Crippen LogP contribution in [0.3, 0.4) is 0 Å². The molecule has 0 unspecified atom stereocenters. The predicted molar refractivity (Wildman–Crippen MR) is 55.8 cm³/mol. The summed E-state index contributed by atoms with van der Waals surface area (Å²) < 4.78 is 4.93. The molecule has 1 aliphatic rings. The molecule has 1 fully saturated rings. The van der Waals surface area contributed by atoms with Gasteiger partial charge in [0.05, 0.1) is 6.61 Å². The van der Waals surface area contributed by atoms with Crippen molar-refractivity contribution >= 4 is 0 Å². The van der Waals surface area contributed by atoms with Crippen molar-refractivity contribution in [3.63, 3.8) is 0 Å². The van der Waals surface area contributed by atoms with Gasteiger partial charge >= 0.3 is 0 Å². The summed E-state index contributed by atoms with van der Waals surface area (Å²) in [6.45, 7) is 2.85. The Hall–Kier alpha value is -0.340. The Bertz CT molecular complexity index is 141. The van der Waals surface area contributed by atoms with Gasteiger partial charge in [-0.05, 0) is 38.1 Å². The number of hydrogen-bond donors (Lipinski definition) is 1. The van der Waals surface area contributed by atoms with E-state index < -0.39 is 0 Å². The highest BCUT2D eigenvalue weighted by Crippen LogP contribution is 2.32. The van der Waals surface area contributed by atoms with Gasteiger partial charge in [-0.2, -0.15) is 0 Å². The lowest BCUT2D eigenvalue weighted by molar-refractivity contribution is 0.199. The average Bonchev–Trinajstić information content (AvgIpc) is 2.93. The number of allylic oxidation sites excluding steroid dienone is 1. The molecule has 0 heterocycles. The highest BCUT2D eigenvalue weighted by Gasteiger charge is 2.18. The van der Waals surface area contributed by atoms with Crippen molar-refractivity contribution in [2.24, 2.45) is 5.92 Å². The summed E-state index contributed by atoms with van der Waals surface area (Å²) in [5.74, 6) is 1.03. The largest absolute Gasteiger partial charge is 0.383 e. The molecule has 0 spiro atoms. The van der Waals surface area contributed by atoms with Crippen molar-refractivity contribution in [1.29, 1.82) is 0 Å². The maximum atomic E-state index is 4.93. The predicted octanol–water partition coefficient (Wildman–Crippen LogP) is 1.97. The zero-order valence-electron chi connectivity index (χ0n) is 8.59. The molecule has 0 amide bonds. The molecule has 1 rings (SSSR count). The molecule has 1 saturated carbocycles. The summed E-state index contributed by atoms with van der Waals surface area (Å²) in [6.07, 6.45) is 9.98. The summed E-state index contributed by atoms with van der Waals surface area (Å²) in [4.78, 5) is 0. The van der Waals surface area contributed by atoms with Gasteiger partial charge in [0.1, 0.15) is 0 Å². The van der Waals surface area contributed by atoms with Gasteiger partial charge in [0, 0.05) is 13.7 Å². The molecule has 0 atom stereocenters. The molecule has 0 bridgehead atoms. The molecule has 13 heavy (non-hydrogen) atoms. The first kappa shape index (κ1) is 10.7. The highest BCUT2D eigenvalue weighted by molar-refractivity contribution is 4.88. The van der Waals surface area contributed by atoms with E-state index in [4.69, 9.17) is 4.74 Å². The fraction of sp³-hybridized carbons (Fsp3) is 0.818. The van der Waals surface area contributed by atoms with Crippen molar-refractivity contribution in [2.75, 3.05) is 26.8 Å². The summed E-state index contributed by atoms with van der Waals surface area (Å²) >= 11 is 0. The standard InChI is InChI=1S/C11H21NO/c1-13-10-9-12-8-4-2-3-5-11-6-7-11/h2-3,11-12H,4-10H2,1H3. The molecule has 76 valence electrons. The molecular weight excluding hydrogens is 162 g/mol. The number of hydrogen-bond acceptors (Lipinski definition) is 2. The molecule has 1 aliphatic carbocycles. The van der Waals surface area contributed by atoms with Crippen molar-refractivity contribution in [1.82, 2.24) is 5.32 Å². The first-order valence-electron chi connectivity index (χ1n) is 5.28. The minimum absolute atomic E-state index is 0.811. The Balaban J connectivity index is 1.74. The van der Waals surface area contributed by atoms with E-state index in [9.17, 15) is 0 Å². The lowest BCUT2D eigenvalue weighted by Gasteiger charge is -2.00. The van der Waals surface area contributed by atoms with Gasteiger partial charge in [0.25, 0.3) is 0 Å². The minimum atomic E-state index is 0.811. The molecule has 0 saturated heterocycles. The smallest absolute Gasteiger partial charge is 0.0587 e. The second-order valence-electron chi connectivity index (χ2n) is 3.68. The molecule has 0 aromatic heterocycles. The molecule has 2 heteroatoms. The summed E-state index contributed by atoms with van der Waals surface area (Å²) in [7, 11) is 1.73. The number of ether oxygens (including phenoxy) is 1. The normalized spacial score (nSPS) is 17.0. The summed E-state index contributed by atoms with van der Waals surface area (Å²) in [5.41, 5.74) is 0. The van der Waals surface area contributed by atoms with E-state index >= 15 is 0 Å². The zero-order valence-corrected chi connectivity index (χ0v) is 8.59. The van der Waals surface area contributed by atoms with Crippen LogP contribution in [-0.4, -0.2) is 26.8 Å². The van der Waals surface area contributed by atoms with Gasteiger partial charge in [0.15, 0.2) is 0 Å². The van der Waals surface area contributed by atoms with Crippen LogP contribution in [0.4, 0.5) is 0 Å². The van der Waals surface area contributed by atoms with Crippen LogP contribution in [0, 0.1) is 5.92 Å². The van der Waals surface area contributed by atoms with Crippen molar-refractivity contribution in [3.05, 3.63) is 12.2 Å². The van der Waals surface area contributed by atoms with Gasteiger partial charge in [-0.15, -0.1) is 0 Å². The SMILES string of the molecule is COCCNCCC=CCC1CC1. The van der Waals surface area contributed by atoms with E-state index in [2.05, 4.69) is 17.5 Å². The van der Waals surface area contributed by atoms with Crippen molar-refractivity contribution in [2.45, 2.75) is 25.7 Å². The van der Waals surface area contributed by atoms with Crippen molar-refractivity contribution in [3.8, 4) is 0 Å². The van der Waals surface area contributed by atoms with Gasteiger partial charge in [-0.3, -0.25) is 0 Å².